The maximum Gasteiger partial charge on any atom is 0.203 e. The van der Waals surface area contributed by atoms with E-state index in [4.69, 9.17) is 19.9 Å². The van der Waals surface area contributed by atoms with Gasteiger partial charge in [0.05, 0.1) is 21.3 Å². The third-order valence-corrected chi connectivity index (χ3v) is 3.46. The molecule has 0 aromatic heterocycles. The second-order valence-electron chi connectivity index (χ2n) is 4.96. The summed E-state index contributed by atoms with van der Waals surface area (Å²) in [6.45, 7) is 4.74. The van der Waals surface area contributed by atoms with E-state index in [-0.39, 0.29) is 24.0 Å². The molecule has 3 N–H and O–H groups in total. The molecule has 1 aromatic rings. The van der Waals surface area contributed by atoms with Crippen LogP contribution in [0.5, 0.6) is 17.2 Å². The first-order chi connectivity index (χ1) is 10.6. The van der Waals surface area contributed by atoms with E-state index in [0.717, 1.165) is 12.0 Å². The van der Waals surface area contributed by atoms with Crippen molar-refractivity contribution in [3.63, 3.8) is 0 Å². The van der Waals surface area contributed by atoms with Crippen molar-refractivity contribution in [2.75, 3.05) is 27.9 Å². The first-order valence-electron chi connectivity index (χ1n) is 7.41. The fourth-order valence-electron chi connectivity index (χ4n) is 2.06. The van der Waals surface area contributed by atoms with Crippen molar-refractivity contribution in [1.29, 1.82) is 0 Å². The minimum Gasteiger partial charge on any atom is -0.493 e. The van der Waals surface area contributed by atoms with Crippen molar-refractivity contribution in [1.82, 2.24) is 5.32 Å². The lowest BCUT2D eigenvalue weighted by atomic mass is 10.1. The number of ether oxygens (including phenoxy) is 3. The Morgan fingerprint density at radius 2 is 1.83 bits per heavy atom. The van der Waals surface area contributed by atoms with Crippen LogP contribution in [0.1, 0.15) is 25.8 Å². The van der Waals surface area contributed by atoms with Gasteiger partial charge in [-0.05, 0) is 25.8 Å². The maximum atomic E-state index is 5.85. The normalized spacial score (nSPS) is 12.1. The van der Waals surface area contributed by atoms with Crippen LogP contribution in [0, 0.1) is 0 Å². The zero-order valence-corrected chi connectivity index (χ0v) is 16.8. The van der Waals surface area contributed by atoms with Gasteiger partial charge >= 0.3 is 0 Å². The van der Waals surface area contributed by atoms with Gasteiger partial charge in [-0.3, -0.25) is 4.99 Å². The fourth-order valence-corrected chi connectivity index (χ4v) is 2.06. The number of nitrogens with one attached hydrogen (secondary N) is 1. The third-order valence-electron chi connectivity index (χ3n) is 3.46. The van der Waals surface area contributed by atoms with Crippen molar-refractivity contribution in [2.45, 2.75) is 32.7 Å². The molecule has 0 amide bonds. The highest BCUT2D eigenvalue weighted by Gasteiger charge is 2.15. The minimum absolute atomic E-state index is 0. The molecule has 0 aliphatic rings. The Morgan fingerprint density at radius 1 is 1.17 bits per heavy atom. The van der Waals surface area contributed by atoms with Crippen molar-refractivity contribution in [3.8, 4) is 17.2 Å². The minimum atomic E-state index is 0. The van der Waals surface area contributed by atoms with Gasteiger partial charge in [0.2, 0.25) is 5.75 Å². The van der Waals surface area contributed by atoms with E-state index >= 15 is 0 Å². The van der Waals surface area contributed by atoms with Crippen LogP contribution in [0.2, 0.25) is 0 Å². The zero-order chi connectivity index (χ0) is 16.5. The third kappa shape index (κ3) is 6.32. The van der Waals surface area contributed by atoms with E-state index in [1.54, 1.807) is 21.3 Å². The van der Waals surface area contributed by atoms with Gasteiger partial charge in [0.15, 0.2) is 17.5 Å². The molecule has 0 saturated carbocycles. The maximum absolute atomic E-state index is 5.85. The molecule has 1 rings (SSSR count). The number of halogens is 1. The summed E-state index contributed by atoms with van der Waals surface area (Å²) in [5, 5.41) is 3.14. The van der Waals surface area contributed by atoms with E-state index in [9.17, 15) is 0 Å². The number of hydrogen-bond donors (Lipinski definition) is 2. The number of benzene rings is 1. The lowest BCUT2D eigenvalue weighted by Gasteiger charge is -2.15. The Kier molecular flexibility index (Phi) is 10.5. The monoisotopic (exact) mass is 437 g/mol. The molecule has 0 radical (unpaired) electrons. The first-order valence-corrected chi connectivity index (χ1v) is 7.41. The molecule has 0 spiro atoms. The van der Waals surface area contributed by atoms with Crippen molar-refractivity contribution in [3.05, 3.63) is 17.7 Å². The zero-order valence-electron chi connectivity index (χ0n) is 14.5. The molecule has 0 saturated heterocycles. The van der Waals surface area contributed by atoms with E-state index < -0.39 is 0 Å². The molecule has 1 unspecified atom stereocenters. The van der Waals surface area contributed by atoms with Crippen LogP contribution < -0.4 is 25.3 Å². The number of methoxy groups -OCH3 is 3. The van der Waals surface area contributed by atoms with Gasteiger partial charge in [-0.1, -0.05) is 13.0 Å². The molecule has 0 aliphatic heterocycles. The SMILES string of the molecule is CCC(C)NC(N)=NCCc1ccc(OC)c(OC)c1OC.I. The molecular weight excluding hydrogens is 409 g/mol. The number of nitrogens with zero attached hydrogens (tertiary/aromatic N) is 1. The second-order valence-corrected chi connectivity index (χ2v) is 4.96. The number of hydrogen-bond acceptors (Lipinski definition) is 4. The molecule has 0 aliphatic carbocycles. The Labute approximate surface area is 155 Å². The van der Waals surface area contributed by atoms with Crippen LogP contribution in [0.15, 0.2) is 17.1 Å². The summed E-state index contributed by atoms with van der Waals surface area (Å²) in [6, 6.07) is 4.13. The van der Waals surface area contributed by atoms with E-state index in [2.05, 4.69) is 24.2 Å². The molecular formula is C16H28IN3O3. The summed E-state index contributed by atoms with van der Waals surface area (Å²) in [7, 11) is 4.81. The summed E-state index contributed by atoms with van der Waals surface area (Å²) in [5.41, 5.74) is 6.85. The molecule has 0 fully saturated rings. The highest BCUT2D eigenvalue weighted by atomic mass is 127. The summed E-state index contributed by atoms with van der Waals surface area (Å²) < 4.78 is 16.1. The lowest BCUT2D eigenvalue weighted by molar-refractivity contribution is 0.322. The molecule has 0 heterocycles. The quantitative estimate of drug-likeness (QED) is 0.372. The van der Waals surface area contributed by atoms with Gasteiger partial charge in [0.25, 0.3) is 0 Å². The van der Waals surface area contributed by atoms with Gasteiger partial charge in [-0.25, -0.2) is 0 Å². The summed E-state index contributed by atoms with van der Waals surface area (Å²) in [6.07, 6.45) is 1.70. The molecule has 23 heavy (non-hydrogen) atoms. The van der Waals surface area contributed by atoms with Gasteiger partial charge in [0.1, 0.15) is 0 Å². The van der Waals surface area contributed by atoms with E-state index in [0.29, 0.717) is 42.2 Å². The van der Waals surface area contributed by atoms with Gasteiger partial charge in [0, 0.05) is 18.2 Å². The van der Waals surface area contributed by atoms with Gasteiger partial charge in [-0.15, -0.1) is 24.0 Å². The predicted octanol–water partition coefficient (Wildman–Crippen LogP) is 2.58. The van der Waals surface area contributed by atoms with Crippen molar-refractivity contribution in [2.24, 2.45) is 10.7 Å². The van der Waals surface area contributed by atoms with Crippen LogP contribution in [-0.4, -0.2) is 39.9 Å². The van der Waals surface area contributed by atoms with Gasteiger partial charge in [-0.2, -0.15) is 0 Å². The summed E-state index contributed by atoms with van der Waals surface area (Å²) in [5.74, 6) is 2.38. The van der Waals surface area contributed by atoms with Crippen LogP contribution in [0.3, 0.4) is 0 Å². The van der Waals surface area contributed by atoms with E-state index in [1.807, 2.05) is 12.1 Å². The largest absolute Gasteiger partial charge is 0.493 e. The lowest BCUT2D eigenvalue weighted by Crippen LogP contribution is -2.38. The average molecular weight is 437 g/mol. The molecule has 1 aromatic carbocycles. The Balaban J connectivity index is 0.00000484. The van der Waals surface area contributed by atoms with Crippen LogP contribution in [0.25, 0.3) is 0 Å². The van der Waals surface area contributed by atoms with Crippen molar-refractivity contribution < 1.29 is 14.2 Å². The Hall–Kier alpha value is -1.38. The summed E-state index contributed by atoms with van der Waals surface area (Å²) in [4.78, 5) is 4.34. The summed E-state index contributed by atoms with van der Waals surface area (Å²) >= 11 is 0. The highest BCUT2D eigenvalue weighted by Crippen LogP contribution is 2.39. The van der Waals surface area contributed by atoms with Crippen LogP contribution >= 0.6 is 24.0 Å². The standard InChI is InChI=1S/C16H27N3O3.HI/c1-6-11(2)19-16(17)18-10-9-12-7-8-13(20-3)15(22-5)14(12)21-4;/h7-8,11H,6,9-10H2,1-5H3,(H3,17,18,19);1H. The Morgan fingerprint density at radius 3 is 2.35 bits per heavy atom. The van der Waals surface area contributed by atoms with Crippen LogP contribution in [-0.2, 0) is 6.42 Å². The number of nitrogens with two attached hydrogens (primary N) is 1. The Bertz CT molecular complexity index is 510. The molecule has 1 atom stereocenters. The molecule has 0 bridgehead atoms. The van der Waals surface area contributed by atoms with Crippen molar-refractivity contribution >= 4 is 29.9 Å². The number of aliphatic imine (C=N–C) groups is 1. The highest BCUT2D eigenvalue weighted by molar-refractivity contribution is 14.0. The number of rotatable bonds is 8. The molecule has 6 nitrogen and oxygen atoms in total. The van der Waals surface area contributed by atoms with Gasteiger partial charge < -0.3 is 25.3 Å². The second kappa shape index (κ2) is 11.2. The topological polar surface area (TPSA) is 78.1 Å². The predicted molar refractivity (Wildman–Crippen MR) is 105 cm³/mol. The number of guanidine groups is 1. The average Bonchev–Trinajstić information content (AvgIpc) is 2.53. The fraction of sp³-hybridized carbons (Fsp3) is 0.562. The van der Waals surface area contributed by atoms with Crippen LogP contribution in [0.4, 0.5) is 0 Å². The smallest absolute Gasteiger partial charge is 0.203 e. The molecule has 7 heteroatoms. The van der Waals surface area contributed by atoms with E-state index in [1.165, 1.54) is 0 Å². The molecule has 132 valence electrons. The first kappa shape index (κ1) is 21.6.